The fourth-order valence-electron chi connectivity index (χ4n) is 2.51. The lowest BCUT2D eigenvalue weighted by Crippen LogP contribution is -2.43. The van der Waals surface area contributed by atoms with Crippen molar-refractivity contribution in [3.05, 3.63) is 35.9 Å². The molecular formula is C16H23N3O2. The molecule has 5 nitrogen and oxygen atoms in total. The Morgan fingerprint density at radius 1 is 1.19 bits per heavy atom. The highest BCUT2D eigenvalue weighted by atomic mass is 16.2. The number of amides is 2. The van der Waals surface area contributed by atoms with Gasteiger partial charge in [-0.05, 0) is 24.8 Å². The maximum Gasteiger partial charge on any atom is 0.237 e. The molecule has 114 valence electrons. The smallest absolute Gasteiger partial charge is 0.237 e. The van der Waals surface area contributed by atoms with Gasteiger partial charge in [-0.3, -0.25) is 9.59 Å². The van der Waals surface area contributed by atoms with Crippen molar-refractivity contribution in [2.75, 3.05) is 19.6 Å². The van der Waals surface area contributed by atoms with E-state index in [2.05, 4.69) is 5.32 Å². The summed E-state index contributed by atoms with van der Waals surface area (Å²) in [5.41, 5.74) is 6.92. The number of rotatable bonds is 6. The van der Waals surface area contributed by atoms with Gasteiger partial charge in [0.25, 0.3) is 0 Å². The molecule has 1 aromatic rings. The van der Waals surface area contributed by atoms with Crippen LogP contribution in [0.1, 0.15) is 24.8 Å². The number of nitrogens with zero attached hydrogens (tertiary/aromatic N) is 1. The Kier molecular flexibility index (Phi) is 5.75. The minimum atomic E-state index is -0.575. The molecule has 1 heterocycles. The summed E-state index contributed by atoms with van der Waals surface area (Å²) in [6.07, 6.45) is 3.02. The third-order valence-electron chi connectivity index (χ3n) is 3.73. The normalized spacial score (nSPS) is 15.8. The summed E-state index contributed by atoms with van der Waals surface area (Å²) in [6, 6.07) is 9.10. The van der Waals surface area contributed by atoms with E-state index in [-0.39, 0.29) is 11.8 Å². The average Bonchev–Trinajstić information content (AvgIpc) is 3.02. The zero-order chi connectivity index (χ0) is 15.1. The Hall–Kier alpha value is -1.88. The number of benzene rings is 1. The third kappa shape index (κ3) is 4.86. The number of carbonyl (C=O) groups is 2. The molecule has 3 N–H and O–H groups in total. The molecule has 1 fully saturated rings. The summed E-state index contributed by atoms with van der Waals surface area (Å²) in [5.74, 6) is -0.0856. The minimum Gasteiger partial charge on any atom is -0.354 e. The number of nitrogens with two attached hydrogens (primary N) is 1. The van der Waals surface area contributed by atoms with Crippen molar-refractivity contribution in [3.8, 4) is 0 Å². The van der Waals surface area contributed by atoms with Crippen molar-refractivity contribution in [1.82, 2.24) is 10.2 Å². The standard InChI is InChI=1S/C16H23N3O2/c17-14(12-13-6-2-1-3-7-13)16(21)18-9-8-15(20)19-10-4-5-11-19/h1-3,6-7,14H,4-5,8-12,17H2,(H,18,21)/t14-/m1/s1. The fourth-order valence-corrected chi connectivity index (χ4v) is 2.51. The van der Waals surface area contributed by atoms with Crippen LogP contribution in [0.4, 0.5) is 0 Å². The highest BCUT2D eigenvalue weighted by Gasteiger charge is 2.18. The molecule has 5 heteroatoms. The van der Waals surface area contributed by atoms with E-state index in [1.54, 1.807) is 0 Å². The zero-order valence-corrected chi connectivity index (χ0v) is 12.3. The maximum atomic E-state index is 11.9. The van der Waals surface area contributed by atoms with Crippen LogP contribution in [0, 0.1) is 0 Å². The Bertz CT molecular complexity index is 470. The van der Waals surface area contributed by atoms with E-state index in [4.69, 9.17) is 5.73 Å². The molecule has 2 amide bonds. The molecule has 0 unspecified atom stereocenters. The van der Waals surface area contributed by atoms with E-state index in [1.807, 2.05) is 35.2 Å². The highest BCUT2D eigenvalue weighted by Crippen LogP contribution is 2.08. The molecule has 0 aromatic heterocycles. The average molecular weight is 289 g/mol. The quantitative estimate of drug-likeness (QED) is 0.809. The van der Waals surface area contributed by atoms with Gasteiger partial charge in [-0.25, -0.2) is 0 Å². The predicted molar refractivity (Wildman–Crippen MR) is 81.6 cm³/mol. The number of nitrogens with one attached hydrogen (secondary N) is 1. The first kappa shape index (κ1) is 15.5. The predicted octanol–water partition coefficient (Wildman–Crippen LogP) is 0.685. The summed E-state index contributed by atoms with van der Waals surface area (Å²) >= 11 is 0. The van der Waals surface area contributed by atoms with E-state index in [0.717, 1.165) is 31.5 Å². The van der Waals surface area contributed by atoms with Crippen molar-refractivity contribution in [1.29, 1.82) is 0 Å². The van der Waals surface area contributed by atoms with Crippen LogP contribution in [0.15, 0.2) is 30.3 Å². The lowest BCUT2D eigenvalue weighted by molar-refractivity contribution is -0.130. The molecule has 1 saturated heterocycles. The fraction of sp³-hybridized carbons (Fsp3) is 0.500. The van der Waals surface area contributed by atoms with Gasteiger partial charge in [0.15, 0.2) is 0 Å². The molecule has 0 aliphatic carbocycles. The van der Waals surface area contributed by atoms with Gasteiger partial charge in [0.2, 0.25) is 11.8 Å². The topological polar surface area (TPSA) is 75.4 Å². The maximum absolute atomic E-state index is 11.9. The Balaban J connectivity index is 1.67. The monoisotopic (exact) mass is 289 g/mol. The van der Waals surface area contributed by atoms with Crippen LogP contribution in [-0.2, 0) is 16.0 Å². The van der Waals surface area contributed by atoms with Crippen molar-refractivity contribution in [2.45, 2.75) is 31.7 Å². The van der Waals surface area contributed by atoms with Gasteiger partial charge < -0.3 is 16.0 Å². The van der Waals surface area contributed by atoms with Crippen molar-refractivity contribution >= 4 is 11.8 Å². The first-order valence-electron chi connectivity index (χ1n) is 7.52. The first-order chi connectivity index (χ1) is 10.2. The summed E-state index contributed by atoms with van der Waals surface area (Å²) in [5, 5.41) is 2.75. The van der Waals surface area contributed by atoms with Gasteiger partial charge in [0.1, 0.15) is 0 Å². The van der Waals surface area contributed by atoms with Crippen LogP contribution in [0.2, 0.25) is 0 Å². The van der Waals surface area contributed by atoms with Crippen LogP contribution in [0.3, 0.4) is 0 Å². The van der Waals surface area contributed by atoms with Gasteiger partial charge in [-0.2, -0.15) is 0 Å². The number of carbonyl (C=O) groups excluding carboxylic acids is 2. The molecule has 0 saturated carbocycles. The van der Waals surface area contributed by atoms with Crippen LogP contribution >= 0.6 is 0 Å². The Morgan fingerprint density at radius 3 is 2.52 bits per heavy atom. The molecular weight excluding hydrogens is 266 g/mol. The Labute approximate surface area is 125 Å². The van der Waals surface area contributed by atoms with Crippen LogP contribution in [0.5, 0.6) is 0 Å². The molecule has 0 bridgehead atoms. The van der Waals surface area contributed by atoms with Crippen molar-refractivity contribution in [3.63, 3.8) is 0 Å². The molecule has 0 radical (unpaired) electrons. The molecule has 2 rings (SSSR count). The lowest BCUT2D eigenvalue weighted by Gasteiger charge is -2.16. The summed E-state index contributed by atoms with van der Waals surface area (Å²) < 4.78 is 0. The van der Waals surface area contributed by atoms with E-state index in [1.165, 1.54) is 0 Å². The molecule has 1 aliphatic heterocycles. The van der Waals surface area contributed by atoms with E-state index in [9.17, 15) is 9.59 Å². The molecule has 1 atom stereocenters. The number of hydrogen-bond acceptors (Lipinski definition) is 3. The Morgan fingerprint density at radius 2 is 1.86 bits per heavy atom. The SMILES string of the molecule is N[C@H](Cc1ccccc1)C(=O)NCCC(=O)N1CCCC1. The molecule has 1 aliphatic rings. The van der Waals surface area contributed by atoms with E-state index >= 15 is 0 Å². The van der Waals surface area contributed by atoms with Crippen molar-refractivity contribution < 1.29 is 9.59 Å². The van der Waals surface area contributed by atoms with Crippen LogP contribution < -0.4 is 11.1 Å². The summed E-state index contributed by atoms with van der Waals surface area (Å²) in [6.45, 7) is 2.05. The first-order valence-corrected chi connectivity index (χ1v) is 7.52. The second kappa shape index (κ2) is 7.78. The highest BCUT2D eigenvalue weighted by molar-refractivity contribution is 5.83. The second-order valence-corrected chi connectivity index (χ2v) is 5.43. The third-order valence-corrected chi connectivity index (χ3v) is 3.73. The van der Waals surface area contributed by atoms with Gasteiger partial charge >= 0.3 is 0 Å². The largest absolute Gasteiger partial charge is 0.354 e. The van der Waals surface area contributed by atoms with E-state index in [0.29, 0.717) is 19.4 Å². The molecule has 0 spiro atoms. The van der Waals surface area contributed by atoms with Gasteiger partial charge in [0, 0.05) is 26.1 Å². The van der Waals surface area contributed by atoms with Gasteiger partial charge in [-0.1, -0.05) is 30.3 Å². The lowest BCUT2D eigenvalue weighted by atomic mass is 10.1. The van der Waals surface area contributed by atoms with Gasteiger partial charge in [-0.15, -0.1) is 0 Å². The summed E-state index contributed by atoms with van der Waals surface area (Å²) in [7, 11) is 0. The molecule has 1 aromatic carbocycles. The minimum absolute atomic E-state index is 0.115. The summed E-state index contributed by atoms with van der Waals surface area (Å²) in [4.78, 5) is 25.6. The number of hydrogen-bond donors (Lipinski definition) is 2. The van der Waals surface area contributed by atoms with Crippen LogP contribution in [0.25, 0.3) is 0 Å². The zero-order valence-electron chi connectivity index (χ0n) is 12.3. The number of likely N-dealkylation sites (tertiary alicyclic amines) is 1. The molecule has 21 heavy (non-hydrogen) atoms. The second-order valence-electron chi connectivity index (χ2n) is 5.43. The van der Waals surface area contributed by atoms with E-state index < -0.39 is 6.04 Å². The van der Waals surface area contributed by atoms with Gasteiger partial charge in [0.05, 0.1) is 6.04 Å². The van der Waals surface area contributed by atoms with Crippen molar-refractivity contribution in [2.24, 2.45) is 5.73 Å². The van der Waals surface area contributed by atoms with Crippen LogP contribution in [-0.4, -0.2) is 42.4 Å².